The molecule has 2 aliphatic rings. The molecule has 1 aliphatic carbocycles. The second-order valence-corrected chi connectivity index (χ2v) is 7.33. The van der Waals surface area contributed by atoms with Gasteiger partial charge >= 0.3 is 5.97 Å². The first-order valence-corrected chi connectivity index (χ1v) is 8.84. The Morgan fingerprint density at radius 2 is 2.12 bits per heavy atom. The van der Waals surface area contributed by atoms with Gasteiger partial charge in [-0.25, -0.2) is 14.8 Å². The summed E-state index contributed by atoms with van der Waals surface area (Å²) in [6.07, 6.45) is 6.17. The van der Waals surface area contributed by atoms with Crippen molar-refractivity contribution in [2.24, 2.45) is 0 Å². The topological polar surface area (TPSA) is 95.3 Å². The summed E-state index contributed by atoms with van der Waals surface area (Å²) in [5.41, 5.74) is 2.38. The van der Waals surface area contributed by atoms with Crippen LogP contribution in [-0.2, 0) is 11.8 Å². The van der Waals surface area contributed by atoms with E-state index >= 15 is 0 Å². The fraction of sp³-hybridized carbons (Fsp3) is 0.500. The van der Waals surface area contributed by atoms with E-state index < -0.39 is 5.97 Å². The lowest BCUT2D eigenvalue weighted by Crippen LogP contribution is -2.46. The molecule has 1 unspecified atom stereocenters. The van der Waals surface area contributed by atoms with Gasteiger partial charge in [0, 0.05) is 38.8 Å². The zero-order chi connectivity index (χ0) is 18.3. The number of aromatic carboxylic acids is 1. The van der Waals surface area contributed by atoms with E-state index in [9.17, 15) is 4.79 Å². The summed E-state index contributed by atoms with van der Waals surface area (Å²) in [6, 6.07) is 3.26. The molecule has 0 saturated carbocycles. The highest BCUT2D eigenvalue weighted by molar-refractivity contribution is 5.85. The molecule has 8 nitrogen and oxygen atoms in total. The van der Waals surface area contributed by atoms with Crippen LogP contribution in [0.15, 0.2) is 18.3 Å². The number of carbonyl (C=O) groups is 1. The highest BCUT2D eigenvalue weighted by Gasteiger charge is 2.44. The molecule has 26 heavy (non-hydrogen) atoms. The van der Waals surface area contributed by atoms with Crippen molar-refractivity contribution in [3.8, 4) is 0 Å². The van der Waals surface area contributed by atoms with Crippen LogP contribution in [0.1, 0.15) is 41.0 Å². The van der Waals surface area contributed by atoms with Crippen molar-refractivity contribution >= 4 is 17.7 Å². The largest absolute Gasteiger partial charge is 0.476 e. The third-order valence-corrected chi connectivity index (χ3v) is 5.40. The van der Waals surface area contributed by atoms with E-state index in [4.69, 9.17) is 10.1 Å². The fourth-order valence-corrected chi connectivity index (χ4v) is 4.08. The average Bonchev–Trinajstić information content (AvgIpc) is 2.99. The molecule has 1 atom stereocenters. The summed E-state index contributed by atoms with van der Waals surface area (Å²) < 4.78 is 0. The Labute approximate surface area is 151 Å². The van der Waals surface area contributed by atoms with Crippen LogP contribution in [0.5, 0.6) is 0 Å². The van der Waals surface area contributed by atoms with E-state index in [0.717, 1.165) is 56.2 Å². The van der Waals surface area contributed by atoms with Crippen LogP contribution in [0.3, 0.4) is 0 Å². The summed E-state index contributed by atoms with van der Waals surface area (Å²) in [5.74, 6) is 0.411. The summed E-state index contributed by atoms with van der Waals surface area (Å²) >= 11 is 0. The lowest BCUT2D eigenvalue weighted by atomic mass is 9.77. The van der Waals surface area contributed by atoms with E-state index in [2.05, 4.69) is 20.1 Å². The molecular weight excluding hydrogens is 332 g/mol. The van der Waals surface area contributed by atoms with Crippen LogP contribution in [0.2, 0.25) is 0 Å². The van der Waals surface area contributed by atoms with E-state index in [1.165, 1.54) is 11.6 Å². The molecule has 1 aliphatic heterocycles. The zero-order valence-corrected chi connectivity index (χ0v) is 15.0. The van der Waals surface area contributed by atoms with Gasteiger partial charge in [0.05, 0.1) is 5.69 Å². The first-order chi connectivity index (χ1) is 12.5. The third-order valence-electron chi connectivity index (χ3n) is 5.40. The van der Waals surface area contributed by atoms with Crippen molar-refractivity contribution in [2.75, 3.05) is 37.0 Å². The smallest absolute Gasteiger partial charge is 0.356 e. The molecule has 4 rings (SSSR count). The minimum absolute atomic E-state index is 0.00837. The van der Waals surface area contributed by atoms with Crippen molar-refractivity contribution in [3.63, 3.8) is 0 Å². The number of nitrogens with zero attached hydrogens (tertiary/aromatic N) is 6. The van der Waals surface area contributed by atoms with E-state index in [1.54, 1.807) is 6.07 Å². The number of anilines is 2. The highest BCUT2D eigenvalue weighted by atomic mass is 16.4. The molecule has 1 N–H and O–H groups in total. The Balaban J connectivity index is 1.64. The molecule has 8 heteroatoms. The first kappa shape index (κ1) is 16.7. The van der Waals surface area contributed by atoms with Gasteiger partial charge in [-0.3, -0.25) is 0 Å². The SMILES string of the molecule is CN(C)c1ncc2c(n1)C1(CCCN(c3ccc(C(=O)O)nn3)C1)CC2. The zero-order valence-electron chi connectivity index (χ0n) is 15.0. The second-order valence-electron chi connectivity index (χ2n) is 7.33. The molecule has 1 saturated heterocycles. The Morgan fingerprint density at radius 3 is 2.81 bits per heavy atom. The maximum Gasteiger partial charge on any atom is 0.356 e. The van der Waals surface area contributed by atoms with Crippen molar-refractivity contribution < 1.29 is 9.90 Å². The van der Waals surface area contributed by atoms with Crippen molar-refractivity contribution in [2.45, 2.75) is 31.1 Å². The number of rotatable bonds is 3. The highest BCUT2D eigenvalue weighted by Crippen LogP contribution is 2.44. The number of carboxylic acids is 1. The van der Waals surface area contributed by atoms with Crippen molar-refractivity contribution in [1.82, 2.24) is 20.2 Å². The van der Waals surface area contributed by atoms with Gasteiger partial charge in [-0.15, -0.1) is 10.2 Å². The Hall–Kier alpha value is -2.77. The molecule has 3 heterocycles. The van der Waals surface area contributed by atoms with Crippen LogP contribution < -0.4 is 9.80 Å². The molecule has 0 bridgehead atoms. The molecule has 0 amide bonds. The molecule has 2 aromatic rings. The number of aryl methyl sites for hydroxylation is 1. The van der Waals surface area contributed by atoms with Gasteiger partial charge in [0.15, 0.2) is 11.5 Å². The van der Waals surface area contributed by atoms with Crippen molar-refractivity contribution in [3.05, 3.63) is 35.3 Å². The average molecular weight is 354 g/mol. The quantitative estimate of drug-likeness (QED) is 0.886. The third kappa shape index (κ3) is 2.75. The van der Waals surface area contributed by atoms with Gasteiger partial charge in [-0.05, 0) is 43.4 Å². The van der Waals surface area contributed by atoms with Gasteiger partial charge in [0.2, 0.25) is 5.95 Å². The molecule has 2 aromatic heterocycles. The summed E-state index contributed by atoms with van der Waals surface area (Å²) in [7, 11) is 3.91. The lowest BCUT2D eigenvalue weighted by molar-refractivity contribution is 0.0689. The van der Waals surface area contributed by atoms with E-state index in [-0.39, 0.29) is 11.1 Å². The molecule has 0 aromatic carbocycles. The Kier molecular flexibility index (Phi) is 3.97. The summed E-state index contributed by atoms with van der Waals surface area (Å²) in [4.78, 5) is 24.4. The van der Waals surface area contributed by atoms with Crippen LogP contribution >= 0.6 is 0 Å². The van der Waals surface area contributed by atoms with Crippen LogP contribution in [0, 0.1) is 0 Å². The van der Waals surface area contributed by atoms with Crippen LogP contribution in [0.25, 0.3) is 0 Å². The van der Waals surface area contributed by atoms with Gasteiger partial charge in [-0.2, -0.15) is 0 Å². The van der Waals surface area contributed by atoms with Crippen molar-refractivity contribution in [1.29, 1.82) is 0 Å². The van der Waals surface area contributed by atoms with Crippen LogP contribution in [-0.4, -0.2) is 58.4 Å². The molecule has 0 radical (unpaired) electrons. The standard InChI is InChI=1S/C18H22N6O2/c1-23(2)17-19-10-12-6-8-18(15(12)20-17)7-3-9-24(11-18)14-5-4-13(16(25)26)21-22-14/h4-5,10H,3,6-9,11H2,1-2H3,(H,25,26). The minimum Gasteiger partial charge on any atom is -0.476 e. The van der Waals surface area contributed by atoms with Gasteiger partial charge < -0.3 is 14.9 Å². The number of piperidine rings is 1. The first-order valence-electron chi connectivity index (χ1n) is 8.84. The molecular formula is C18H22N6O2. The maximum atomic E-state index is 11.0. The number of hydrogen-bond donors (Lipinski definition) is 1. The maximum absolute atomic E-state index is 11.0. The number of carboxylic acid groups (broad SMARTS) is 1. The lowest BCUT2D eigenvalue weighted by Gasteiger charge is -2.41. The minimum atomic E-state index is -1.06. The number of fused-ring (bicyclic) bond motifs is 2. The predicted octanol–water partition coefficient (Wildman–Crippen LogP) is 1.52. The molecule has 1 fully saturated rings. The predicted molar refractivity (Wildman–Crippen MR) is 96.8 cm³/mol. The van der Waals surface area contributed by atoms with E-state index in [0.29, 0.717) is 0 Å². The number of hydrogen-bond acceptors (Lipinski definition) is 7. The second kappa shape index (κ2) is 6.19. The van der Waals surface area contributed by atoms with Gasteiger partial charge in [0.25, 0.3) is 0 Å². The van der Waals surface area contributed by atoms with Crippen LogP contribution in [0.4, 0.5) is 11.8 Å². The fourth-order valence-electron chi connectivity index (χ4n) is 4.08. The monoisotopic (exact) mass is 354 g/mol. The number of aromatic nitrogens is 4. The van der Waals surface area contributed by atoms with E-state index in [1.807, 2.05) is 25.2 Å². The normalized spacial score (nSPS) is 21.7. The Bertz CT molecular complexity index is 834. The summed E-state index contributed by atoms with van der Waals surface area (Å²) in [6.45, 7) is 1.72. The van der Waals surface area contributed by atoms with Gasteiger partial charge in [-0.1, -0.05) is 0 Å². The Morgan fingerprint density at radius 1 is 1.27 bits per heavy atom. The summed E-state index contributed by atoms with van der Waals surface area (Å²) in [5, 5.41) is 17.0. The molecule has 136 valence electrons. The van der Waals surface area contributed by atoms with Gasteiger partial charge in [0.1, 0.15) is 0 Å². The molecule has 1 spiro atoms.